The largest absolute Gasteiger partial charge is 0.351 e. The fourth-order valence-electron chi connectivity index (χ4n) is 3.06. The first-order valence-corrected chi connectivity index (χ1v) is 9.26. The normalized spacial score (nSPS) is 13.2. The maximum atomic E-state index is 12.4. The molecule has 2 heterocycles. The number of nitrogens with one attached hydrogen (secondary N) is 1. The Hall–Kier alpha value is -2.63. The maximum absolute atomic E-state index is 12.4. The lowest BCUT2D eigenvalue weighted by molar-refractivity contribution is 0.102. The number of anilines is 2. The van der Waals surface area contributed by atoms with Crippen LogP contribution in [0.5, 0.6) is 0 Å². The fraction of sp³-hybridized carbons (Fsp3) is 0.150. The molecule has 1 aliphatic heterocycles. The van der Waals surface area contributed by atoms with Gasteiger partial charge in [0, 0.05) is 18.8 Å². The number of rotatable bonds is 3. The van der Waals surface area contributed by atoms with Crippen molar-refractivity contribution in [2.24, 2.45) is 0 Å². The van der Waals surface area contributed by atoms with Gasteiger partial charge in [-0.3, -0.25) is 4.79 Å². The molecule has 136 valence electrons. The molecule has 27 heavy (non-hydrogen) atoms. The quantitative estimate of drug-likeness (QED) is 0.700. The van der Waals surface area contributed by atoms with Crippen LogP contribution in [0.3, 0.4) is 0 Å². The molecule has 5 nitrogen and oxygen atoms in total. The van der Waals surface area contributed by atoms with Crippen molar-refractivity contribution in [3.8, 4) is 0 Å². The Bertz CT molecular complexity index is 992. The number of benzene rings is 2. The molecule has 7 heteroatoms. The van der Waals surface area contributed by atoms with E-state index in [0.29, 0.717) is 15.7 Å². The van der Waals surface area contributed by atoms with Gasteiger partial charge in [-0.1, -0.05) is 47.5 Å². The highest BCUT2D eigenvalue weighted by Crippen LogP contribution is 2.25. The van der Waals surface area contributed by atoms with Crippen molar-refractivity contribution in [1.82, 2.24) is 9.97 Å². The maximum Gasteiger partial charge on any atom is 0.275 e. The minimum atomic E-state index is -0.351. The molecular weight excluding hydrogens is 383 g/mol. The number of nitrogens with zero attached hydrogens (tertiary/aromatic N) is 3. The van der Waals surface area contributed by atoms with E-state index in [1.54, 1.807) is 24.4 Å². The molecule has 1 aliphatic rings. The van der Waals surface area contributed by atoms with Crippen molar-refractivity contribution in [3.05, 3.63) is 81.7 Å². The molecule has 4 rings (SSSR count). The predicted octanol–water partition coefficient (Wildman–Crippen LogP) is 4.60. The van der Waals surface area contributed by atoms with Gasteiger partial charge in [-0.15, -0.1) is 0 Å². The molecule has 0 atom stereocenters. The van der Waals surface area contributed by atoms with Crippen molar-refractivity contribution < 1.29 is 4.79 Å². The molecule has 0 saturated heterocycles. The zero-order chi connectivity index (χ0) is 18.8. The highest BCUT2D eigenvalue weighted by atomic mass is 35.5. The molecule has 0 fully saturated rings. The molecule has 0 unspecified atom stereocenters. The second-order valence-electron chi connectivity index (χ2n) is 6.28. The summed E-state index contributed by atoms with van der Waals surface area (Å²) < 4.78 is 0. The van der Waals surface area contributed by atoms with E-state index in [0.717, 1.165) is 25.3 Å². The van der Waals surface area contributed by atoms with Crippen molar-refractivity contribution in [3.63, 3.8) is 0 Å². The first kappa shape index (κ1) is 17.8. The van der Waals surface area contributed by atoms with Crippen LogP contribution in [0.15, 0.2) is 54.9 Å². The summed E-state index contributed by atoms with van der Waals surface area (Å²) in [6.45, 7) is 1.67. The number of carbonyl (C=O) groups excluding carboxylic acids is 1. The van der Waals surface area contributed by atoms with Gasteiger partial charge in [0.2, 0.25) is 0 Å². The van der Waals surface area contributed by atoms with E-state index in [1.165, 1.54) is 17.3 Å². The molecule has 0 saturated carbocycles. The standard InChI is InChI=1S/C20H16Cl2N4O/c21-16-6-5-15(9-17(16)22)25-20(27)18-10-24-19(11-23-18)26-8-7-13-3-1-2-4-14(13)12-26/h1-6,9-11H,7-8,12H2,(H,25,27). The number of fused-ring (bicyclic) bond motifs is 1. The van der Waals surface area contributed by atoms with Crippen LogP contribution < -0.4 is 10.2 Å². The zero-order valence-electron chi connectivity index (χ0n) is 14.3. The Labute approximate surface area is 167 Å². The van der Waals surface area contributed by atoms with Gasteiger partial charge in [0.25, 0.3) is 5.91 Å². The SMILES string of the molecule is O=C(Nc1ccc(Cl)c(Cl)c1)c1cnc(N2CCc3ccccc3C2)cn1. The topological polar surface area (TPSA) is 58.1 Å². The van der Waals surface area contributed by atoms with E-state index in [-0.39, 0.29) is 11.6 Å². The summed E-state index contributed by atoms with van der Waals surface area (Å²) in [5, 5.41) is 3.55. The van der Waals surface area contributed by atoms with E-state index in [2.05, 4.69) is 38.4 Å². The van der Waals surface area contributed by atoms with Gasteiger partial charge in [0.1, 0.15) is 11.5 Å². The predicted molar refractivity (Wildman–Crippen MR) is 108 cm³/mol. The van der Waals surface area contributed by atoms with E-state index < -0.39 is 0 Å². The molecule has 0 spiro atoms. The summed E-state index contributed by atoms with van der Waals surface area (Å²) in [5.41, 5.74) is 3.46. The molecule has 1 aromatic heterocycles. The van der Waals surface area contributed by atoms with Crippen LogP contribution >= 0.6 is 23.2 Å². The van der Waals surface area contributed by atoms with E-state index in [4.69, 9.17) is 23.2 Å². The van der Waals surface area contributed by atoms with Crippen molar-refractivity contribution in [1.29, 1.82) is 0 Å². The molecule has 1 amide bonds. The Morgan fingerprint density at radius 3 is 2.56 bits per heavy atom. The molecule has 2 aromatic carbocycles. The number of halogens is 2. The third kappa shape index (κ3) is 3.89. The zero-order valence-corrected chi connectivity index (χ0v) is 15.8. The van der Waals surface area contributed by atoms with Gasteiger partial charge < -0.3 is 10.2 Å². The number of carbonyl (C=O) groups is 1. The van der Waals surface area contributed by atoms with Crippen LogP contribution in [0.1, 0.15) is 21.6 Å². The number of amides is 1. The van der Waals surface area contributed by atoms with Gasteiger partial charge in [0.05, 0.1) is 22.4 Å². The third-order valence-electron chi connectivity index (χ3n) is 4.50. The van der Waals surface area contributed by atoms with E-state index in [9.17, 15) is 4.79 Å². The molecule has 0 bridgehead atoms. The molecular formula is C20H16Cl2N4O. The first-order chi connectivity index (χ1) is 13.1. The average molecular weight is 399 g/mol. The summed E-state index contributed by atoms with van der Waals surface area (Å²) in [5.74, 6) is 0.409. The number of aromatic nitrogens is 2. The van der Waals surface area contributed by atoms with Gasteiger partial charge in [-0.2, -0.15) is 0 Å². The van der Waals surface area contributed by atoms with Crippen LogP contribution in [0.2, 0.25) is 10.0 Å². The summed E-state index contributed by atoms with van der Waals surface area (Å²) in [7, 11) is 0. The first-order valence-electron chi connectivity index (χ1n) is 8.50. The molecule has 0 radical (unpaired) electrons. The van der Waals surface area contributed by atoms with Gasteiger partial charge in [-0.25, -0.2) is 9.97 Å². The van der Waals surface area contributed by atoms with Crippen LogP contribution in [-0.2, 0) is 13.0 Å². The Kier molecular flexibility index (Phi) is 4.97. The summed E-state index contributed by atoms with van der Waals surface area (Å²) >= 11 is 11.9. The van der Waals surface area contributed by atoms with Gasteiger partial charge >= 0.3 is 0 Å². The second kappa shape index (κ2) is 7.55. The molecule has 0 aliphatic carbocycles. The molecule has 1 N–H and O–H groups in total. The minimum Gasteiger partial charge on any atom is -0.351 e. The van der Waals surface area contributed by atoms with Crippen molar-refractivity contribution in [2.75, 3.05) is 16.8 Å². The monoisotopic (exact) mass is 398 g/mol. The highest BCUT2D eigenvalue weighted by molar-refractivity contribution is 6.42. The highest BCUT2D eigenvalue weighted by Gasteiger charge is 2.18. The van der Waals surface area contributed by atoms with Crippen molar-refractivity contribution in [2.45, 2.75) is 13.0 Å². The van der Waals surface area contributed by atoms with Crippen LogP contribution in [0, 0.1) is 0 Å². The van der Waals surface area contributed by atoms with E-state index in [1.807, 2.05) is 6.07 Å². The number of hydrogen-bond donors (Lipinski definition) is 1. The fourth-order valence-corrected chi connectivity index (χ4v) is 3.36. The minimum absolute atomic E-state index is 0.238. The lowest BCUT2D eigenvalue weighted by Crippen LogP contribution is -2.31. The van der Waals surface area contributed by atoms with Gasteiger partial charge in [0.15, 0.2) is 0 Å². The Balaban J connectivity index is 1.46. The third-order valence-corrected chi connectivity index (χ3v) is 5.24. The van der Waals surface area contributed by atoms with E-state index >= 15 is 0 Å². The second-order valence-corrected chi connectivity index (χ2v) is 7.10. The lowest BCUT2D eigenvalue weighted by Gasteiger charge is -2.29. The smallest absolute Gasteiger partial charge is 0.275 e. The lowest BCUT2D eigenvalue weighted by atomic mass is 10.0. The summed E-state index contributed by atoms with van der Waals surface area (Å²) in [4.78, 5) is 23.2. The Morgan fingerprint density at radius 2 is 1.81 bits per heavy atom. The summed E-state index contributed by atoms with van der Waals surface area (Å²) in [6.07, 6.45) is 4.10. The van der Waals surface area contributed by atoms with Crippen molar-refractivity contribution >= 4 is 40.6 Å². The Morgan fingerprint density at radius 1 is 1.00 bits per heavy atom. The van der Waals surface area contributed by atoms with Crippen LogP contribution in [0.25, 0.3) is 0 Å². The van der Waals surface area contributed by atoms with Gasteiger partial charge in [-0.05, 0) is 35.7 Å². The van der Waals surface area contributed by atoms with Crippen LogP contribution in [0.4, 0.5) is 11.5 Å². The number of hydrogen-bond acceptors (Lipinski definition) is 4. The summed E-state index contributed by atoms with van der Waals surface area (Å²) in [6, 6.07) is 13.3. The molecule has 3 aromatic rings. The van der Waals surface area contributed by atoms with Crippen LogP contribution in [-0.4, -0.2) is 22.4 Å². The average Bonchev–Trinajstić information content (AvgIpc) is 2.70.